The van der Waals surface area contributed by atoms with E-state index in [1.54, 1.807) is 36.5 Å². The first kappa shape index (κ1) is 18.0. The second-order valence-electron chi connectivity index (χ2n) is 6.00. The molecule has 1 aliphatic rings. The van der Waals surface area contributed by atoms with E-state index in [4.69, 9.17) is 27.9 Å². The maximum absolute atomic E-state index is 12.9. The molecule has 2 aromatic rings. The van der Waals surface area contributed by atoms with Crippen molar-refractivity contribution in [2.24, 2.45) is 5.92 Å². The van der Waals surface area contributed by atoms with Gasteiger partial charge in [-0.15, -0.1) is 0 Å². The molecular weight excluding hydrogens is 361 g/mol. The summed E-state index contributed by atoms with van der Waals surface area (Å²) in [6.07, 6.45) is 2.58. The Morgan fingerprint density at radius 1 is 1.40 bits per heavy atom. The molecule has 0 aliphatic carbocycles. The van der Waals surface area contributed by atoms with Crippen LogP contribution in [0.15, 0.2) is 36.5 Å². The van der Waals surface area contributed by atoms with Crippen LogP contribution < -0.4 is 10.1 Å². The zero-order valence-corrected chi connectivity index (χ0v) is 15.3. The van der Waals surface area contributed by atoms with E-state index in [2.05, 4.69) is 10.3 Å². The summed E-state index contributed by atoms with van der Waals surface area (Å²) in [6, 6.07) is 8.37. The predicted octanol–water partition coefficient (Wildman–Crippen LogP) is 3.86. The quantitative estimate of drug-likeness (QED) is 0.856. The van der Waals surface area contributed by atoms with Crippen LogP contribution in [0.25, 0.3) is 0 Å². The van der Waals surface area contributed by atoms with Crippen molar-refractivity contribution >= 4 is 29.1 Å². The summed E-state index contributed by atoms with van der Waals surface area (Å²) in [4.78, 5) is 18.9. The van der Waals surface area contributed by atoms with Crippen LogP contribution in [0.2, 0.25) is 10.0 Å². The van der Waals surface area contributed by atoms with Gasteiger partial charge in [-0.25, -0.2) is 4.98 Å². The zero-order valence-electron chi connectivity index (χ0n) is 13.8. The third-order valence-corrected chi connectivity index (χ3v) is 4.70. The van der Waals surface area contributed by atoms with Crippen LogP contribution in [-0.4, -0.2) is 42.5 Å². The summed E-state index contributed by atoms with van der Waals surface area (Å²) in [5, 5.41) is 4.05. The molecule has 1 N–H and O–H groups in total. The molecule has 25 heavy (non-hydrogen) atoms. The largest absolute Gasteiger partial charge is 0.437 e. The minimum absolute atomic E-state index is 0.0770. The first-order valence-electron chi connectivity index (χ1n) is 8.10. The molecule has 2 heterocycles. The van der Waals surface area contributed by atoms with Crippen molar-refractivity contribution in [3.05, 3.63) is 52.1 Å². The predicted molar refractivity (Wildman–Crippen MR) is 98.7 cm³/mol. The number of aromatic nitrogens is 1. The van der Waals surface area contributed by atoms with Gasteiger partial charge in [0.05, 0.1) is 5.02 Å². The van der Waals surface area contributed by atoms with Crippen LogP contribution in [0, 0.1) is 5.92 Å². The number of carbonyl (C=O) groups excluding carboxylic acids is 1. The number of hydrogen-bond acceptors (Lipinski definition) is 4. The third-order valence-electron chi connectivity index (χ3n) is 4.17. The van der Waals surface area contributed by atoms with Gasteiger partial charge in [-0.1, -0.05) is 23.2 Å². The molecule has 5 nitrogen and oxygen atoms in total. The van der Waals surface area contributed by atoms with Crippen LogP contribution in [0.1, 0.15) is 16.8 Å². The third kappa shape index (κ3) is 4.24. The summed E-state index contributed by atoms with van der Waals surface area (Å²) in [6.45, 7) is 2.37. The monoisotopic (exact) mass is 379 g/mol. The average Bonchev–Trinajstić information content (AvgIpc) is 3.06. The lowest BCUT2D eigenvalue weighted by atomic mass is 10.1. The lowest BCUT2D eigenvalue weighted by Crippen LogP contribution is -2.30. The molecule has 1 amide bonds. The average molecular weight is 380 g/mol. The van der Waals surface area contributed by atoms with Gasteiger partial charge in [0.1, 0.15) is 11.3 Å². The van der Waals surface area contributed by atoms with E-state index in [1.165, 1.54) is 0 Å². The highest BCUT2D eigenvalue weighted by Gasteiger charge is 2.28. The van der Waals surface area contributed by atoms with E-state index < -0.39 is 0 Å². The molecule has 1 aliphatic heterocycles. The maximum atomic E-state index is 12.9. The standard InChI is InChI=1S/C18H19Cl2N3O2/c1-21-10-12-6-8-23(11-12)18(24)14-3-2-7-22-17(14)25-16-5-4-13(19)9-15(16)20/h2-5,7,9,12,21H,6,8,10-11H2,1H3. The van der Waals surface area contributed by atoms with Crippen molar-refractivity contribution < 1.29 is 9.53 Å². The lowest BCUT2D eigenvalue weighted by Gasteiger charge is -2.18. The Morgan fingerprint density at radius 3 is 3.00 bits per heavy atom. The van der Waals surface area contributed by atoms with E-state index in [1.807, 2.05) is 11.9 Å². The summed E-state index contributed by atoms with van der Waals surface area (Å²) >= 11 is 12.1. The Balaban J connectivity index is 1.80. The molecule has 1 atom stereocenters. The second-order valence-corrected chi connectivity index (χ2v) is 6.84. The Bertz CT molecular complexity index is 770. The van der Waals surface area contributed by atoms with Crippen LogP contribution in [0.4, 0.5) is 0 Å². The van der Waals surface area contributed by atoms with E-state index in [0.717, 1.165) is 26.1 Å². The highest BCUT2D eigenvalue weighted by Crippen LogP contribution is 2.32. The smallest absolute Gasteiger partial charge is 0.259 e. The Labute approximate surface area is 156 Å². The van der Waals surface area contributed by atoms with Crippen molar-refractivity contribution in [2.75, 3.05) is 26.7 Å². The number of hydrogen-bond donors (Lipinski definition) is 1. The normalized spacial score (nSPS) is 16.9. The fraction of sp³-hybridized carbons (Fsp3) is 0.333. The van der Waals surface area contributed by atoms with Crippen LogP contribution in [-0.2, 0) is 0 Å². The number of carbonyl (C=O) groups is 1. The van der Waals surface area contributed by atoms with E-state index >= 15 is 0 Å². The van der Waals surface area contributed by atoms with E-state index in [0.29, 0.717) is 27.3 Å². The van der Waals surface area contributed by atoms with Gasteiger partial charge < -0.3 is 15.0 Å². The minimum atomic E-state index is -0.0770. The topological polar surface area (TPSA) is 54.5 Å². The molecule has 132 valence electrons. The van der Waals surface area contributed by atoms with E-state index in [9.17, 15) is 4.79 Å². The molecule has 0 spiro atoms. The van der Waals surface area contributed by atoms with Crippen molar-refractivity contribution in [3.8, 4) is 11.6 Å². The van der Waals surface area contributed by atoms with E-state index in [-0.39, 0.29) is 11.8 Å². The molecule has 1 aromatic carbocycles. The number of rotatable bonds is 5. The Hall–Kier alpha value is -1.82. The highest BCUT2D eigenvalue weighted by molar-refractivity contribution is 6.35. The first-order valence-corrected chi connectivity index (χ1v) is 8.86. The summed E-state index contributed by atoms with van der Waals surface area (Å²) in [7, 11) is 1.92. The summed E-state index contributed by atoms with van der Waals surface area (Å²) < 4.78 is 5.79. The zero-order chi connectivity index (χ0) is 17.8. The van der Waals surface area contributed by atoms with Gasteiger partial charge in [-0.3, -0.25) is 4.79 Å². The van der Waals surface area contributed by atoms with Crippen molar-refractivity contribution in [1.29, 1.82) is 0 Å². The number of halogens is 2. The molecule has 0 saturated carbocycles. The molecule has 3 rings (SSSR count). The Kier molecular flexibility index (Phi) is 5.78. The van der Waals surface area contributed by atoms with Gasteiger partial charge in [-0.2, -0.15) is 0 Å². The van der Waals surface area contributed by atoms with Gasteiger partial charge in [0.25, 0.3) is 5.91 Å². The molecule has 1 aromatic heterocycles. The molecule has 1 saturated heterocycles. The first-order chi connectivity index (χ1) is 12.1. The maximum Gasteiger partial charge on any atom is 0.259 e. The van der Waals surface area contributed by atoms with Crippen LogP contribution >= 0.6 is 23.2 Å². The van der Waals surface area contributed by atoms with Crippen LogP contribution in [0.3, 0.4) is 0 Å². The molecule has 1 unspecified atom stereocenters. The van der Waals surface area contributed by atoms with Gasteiger partial charge in [0.15, 0.2) is 0 Å². The number of benzene rings is 1. The Morgan fingerprint density at radius 2 is 2.24 bits per heavy atom. The molecule has 1 fully saturated rings. The number of amides is 1. The highest BCUT2D eigenvalue weighted by atomic mass is 35.5. The SMILES string of the molecule is CNCC1CCN(C(=O)c2cccnc2Oc2ccc(Cl)cc2Cl)C1. The second kappa shape index (κ2) is 8.04. The number of nitrogens with zero attached hydrogens (tertiary/aromatic N) is 2. The van der Waals surface area contributed by atoms with Crippen LogP contribution in [0.5, 0.6) is 11.6 Å². The molecule has 7 heteroatoms. The molecular formula is C18H19Cl2N3O2. The fourth-order valence-corrected chi connectivity index (χ4v) is 3.39. The van der Waals surface area contributed by atoms with Gasteiger partial charge >= 0.3 is 0 Å². The van der Waals surface area contributed by atoms with Gasteiger partial charge in [0.2, 0.25) is 5.88 Å². The van der Waals surface area contributed by atoms with Gasteiger partial charge in [0, 0.05) is 24.3 Å². The lowest BCUT2D eigenvalue weighted by molar-refractivity contribution is 0.0784. The molecule has 0 bridgehead atoms. The number of ether oxygens (including phenoxy) is 1. The molecule has 0 radical (unpaired) electrons. The number of pyridine rings is 1. The number of nitrogens with one attached hydrogen (secondary N) is 1. The summed E-state index contributed by atoms with van der Waals surface area (Å²) in [5.74, 6) is 1.05. The van der Waals surface area contributed by atoms with Crippen molar-refractivity contribution in [2.45, 2.75) is 6.42 Å². The van der Waals surface area contributed by atoms with Gasteiger partial charge in [-0.05, 0) is 56.3 Å². The number of likely N-dealkylation sites (tertiary alicyclic amines) is 1. The fourth-order valence-electron chi connectivity index (χ4n) is 2.94. The van der Waals surface area contributed by atoms with Crippen molar-refractivity contribution in [1.82, 2.24) is 15.2 Å². The summed E-state index contributed by atoms with van der Waals surface area (Å²) in [5.41, 5.74) is 0.429. The van der Waals surface area contributed by atoms with Crippen molar-refractivity contribution in [3.63, 3.8) is 0 Å². The minimum Gasteiger partial charge on any atom is -0.437 e.